The van der Waals surface area contributed by atoms with Crippen molar-refractivity contribution in [3.05, 3.63) is 12.4 Å². The van der Waals surface area contributed by atoms with Gasteiger partial charge in [-0.25, -0.2) is 18.7 Å². The van der Waals surface area contributed by atoms with Crippen LogP contribution in [-0.2, 0) is 9.53 Å². The number of morpholine rings is 1. The highest BCUT2D eigenvalue weighted by atomic mass is 19.3. The Morgan fingerprint density at radius 1 is 1.08 bits per heavy atom. The lowest BCUT2D eigenvalue weighted by Crippen LogP contribution is -2.49. The second-order valence-corrected chi connectivity index (χ2v) is 6.45. The van der Waals surface area contributed by atoms with E-state index in [0.717, 1.165) is 31.6 Å². The second-order valence-electron chi connectivity index (χ2n) is 6.45. The Labute approximate surface area is 145 Å². The van der Waals surface area contributed by atoms with Crippen molar-refractivity contribution in [2.75, 3.05) is 62.3 Å². The standard InChI is InChI=1S/C16H23F2N5O2/c1-16(17,18)11-15(24)23-4-2-21(3-5-23)13-10-14(20-12-19-13)22-6-8-25-9-7-22/h10,12H,2-9,11H2,1H3. The predicted molar refractivity (Wildman–Crippen MR) is 89.1 cm³/mol. The fourth-order valence-corrected chi connectivity index (χ4v) is 3.04. The number of alkyl halides is 2. The van der Waals surface area contributed by atoms with E-state index in [-0.39, 0.29) is 0 Å². The summed E-state index contributed by atoms with van der Waals surface area (Å²) in [5, 5.41) is 0. The molecule has 138 valence electrons. The van der Waals surface area contributed by atoms with E-state index in [4.69, 9.17) is 4.74 Å². The Morgan fingerprint density at radius 3 is 2.20 bits per heavy atom. The zero-order valence-electron chi connectivity index (χ0n) is 14.3. The topological polar surface area (TPSA) is 61.8 Å². The molecule has 0 unspecified atom stereocenters. The number of aromatic nitrogens is 2. The van der Waals surface area contributed by atoms with Gasteiger partial charge in [0.05, 0.1) is 19.6 Å². The number of hydrogen-bond donors (Lipinski definition) is 0. The van der Waals surface area contributed by atoms with Gasteiger partial charge in [0.15, 0.2) is 0 Å². The average molecular weight is 355 g/mol. The molecular weight excluding hydrogens is 332 g/mol. The van der Waals surface area contributed by atoms with Gasteiger partial charge in [0, 0.05) is 45.3 Å². The van der Waals surface area contributed by atoms with Crippen molar-refractivity contribution in [3.63, 3.8) is 0 Å². The average Bonchev–Trinajstić information content (AvgIpc) is 2.61. The van der Waals surface area contributed by atoms with Crippen molar-refractivity contribution in [2.45, 2.75) is 19.3 Å². The van der Waals surface area contributed by atoms with Crippen LogP contribution in [0.4, 0.5) is 20.4 Å². The first kappa shape index (κ1) is 17.8. The first-order chi connectivity index (χ1) is 11.9. The molecular formula is C16H23F2N5O2. The molecule has 2 aliphatic rings. The smallest absolute Gasteiger partial charge is 0.254 e. The van der Waals surface area contributed by atoms with Crippen molar-refractivity contribution in [1.82, 2.24) is 14.9 Å². The molecule has 0 radical (unpaired) electrons. The van der Waals surface area contributed by atoms with Crippen LogP contribution in [0.15, 0.2) is 12.4 Å². The number of rotatable bonds is 4. The van der Waals surface area contributed by atoms with Crippen molar-refractivity contribution < 1.29 is 18.3 Å². The second kappa shape index (κ2) is 7.47. The number of hydrogen-bond acceptors (Lipinski definition) is 6. The summed E-state index contributed by atoms with van der Waals surface area (Å²) >= 11 is 0. The quantitative estimate of drug-likeness (QED) is 0.803. The molecule has 2 saturated heterocycles. The maximum absolute atomic E-state index is 13.0. The van der Waals surface area contributed by atoms with Crippen molar-refractivity contribution >= 4 is 17.5 Å². The number of ether oxygens (including phenoxy) is 1. The molecule has 2 aliphatic heterocycles. The number of carbonyl (C=O) groups is 1. The first-order valence-corrected chi connectivity index (χ1v) is 8.48. The summed E-state index contributed by atoms with van der Waals surface area (Å²) < 4.78 is 31.4. The zero-order chi connectivity index (χ0) is 17.9. The van der Waals surface area contributed by atoms with E-state index >= 15 is 0 Å². The first-order valence-electron chi connectivity index (χ1n) is 8.48. The molecule has 0 bridgehead atoms. The van der Waals surface area contributed by atoms with E-state index in [9.17, 15) is 13.6 Å². The number of halogens is 2. The molecule has 1 aromatic heterocycles. The summed E-state index contributed by atoms with van der Waals surface area (Å²) in [5.74, 6) is -1.81. The minimum Gasteiger partial charge on any atom is -0.378 e. The lowest BCUT2D eigenvalue weighted by atomic mass is 10.2. The minimum atomic E-state index is -2.96. The lowest BCUT2D eigenvalue weighted by molar-refractivity contribution is -0.138. The lowest BCUT2D eigenvalue weighted by Gasteiger charge is -2.36. The highest BCUT2D eigenvalue weighted by Crippen LogP contribution is 2.22. The maximum atomic E-state index is 13.0. The van der Waals surface area contributed by atoms with Gasteiger partial charge in [0.2, 0.25) is 5.91 Å². The Bertz CT molecular complexity index is 596. The van der Waals surface area contributed by atoms with Crippen molar-refractivity contribution in [2.24, 2.45) is 0 Å². The van der Waals surface area contributed by atoms with Crippen LogP contribution in [0.3, 0.4) is 0 Å². The molecule has 0 saturated carbocycles. The van der Waals surface area contributed by atoms with Gasteiger partial charge in [-0.1, -0.05) is 0 Å². The molecule has 1 aromatic rings. The monoisotopic (exact) mass is 355 g/mol. The van der Waals surface area contributed by atoms with Crippen LogP contribution in [-0.4, -0.2) is 79.2 Å². The SMILES string of the molecule is CC(F)(F)CC(=O)N1CCN(c2cc(N3CCOCC3)ncn2)CC1. The molecule has 9 heteroatoms. The van der Waals surface area contributed by atoms with Gasteiger partial charge >= 0.3 is 0 Å². The Hall–Kier alpha value is -2.03. The van der Waals surface area contributed by atoms with Crippen molar-refractivity contribution in [3.8, 4) is 0 Å². The van der Waals surface area contributed by atoms with E-state index in [1.54, 1.807) is 0 Å². The molecule has 0 aliphatic carbocycles. The summed E-state index contributed by atoms with van der Waals surface area (Å²) in [7, 11) is 0. The van der Waals surface area contributed by atoms with Crippen LogP contribution in [0.25, 0.3) is 0 Å². The van der Waals surface area contributed by atoms with Gasteiger partial charge in [-0.3, -0.25) is 4.79 Å². The molecule has 0 spiro atoms. The third-order valence-corrected chi connectivity index (χ3v) is 4.39. The van der Waals surface area contributed by atoms with Crippen LogP contribution in [0.2, 0.25) is 0 Å². The Balaban J connectivity index is 1.58. The van der Waals surface area contributed by atoms with Gasteiger partial charge in [0.25, 0.3) is 5.92 Å². The Morgan fingerprint density at radius 2 is 1.64 bits per heavy atom. The van der Waals surface area contributed by atoms with Gasteiger partial charge < -0.3 is 19.4 Å². The van der Waals surface area contributed by atoms with E-state index in [2.05, 4.69) is 19.8 Å². The zero-order valence-corrected chi connectivity index (χ0v) is 14.3. The minimum absolute atomic E-state index is 0.422. The number of piperazine rings is 1. The van der Waals surface area contributed by atoms with E-state index < -0.39 is 18.3 Å². The molecule has 3 heterocycles. The third-order valence-electron chi connectivity index (χ3n) is 4.39. The highest BCUT2D eigenvalue weighted by molar-refractivity contribution is 5.77. The molecule has 0 N–H and O–H groups in total. The van der Waals surface area contributed by atoms with Crippen LogP contribution in [0, 0.1) is 0 Å². The van der Waals surface area contributed by atoms with Gasteiger partial charge in [-0.05, 0) is 6.92 Å². The third kappa shape index (κ3) is 4.75. The summed E-state index contributed by atoms with van der Waals surface area (Å²) in [6.07, 6.45) is 0.803. The fourth-order valence-electron chi connectivity index (χ4n) is 3.04. The van der Waals surface area contributed by atoms with Gasteiger partial charge in [-0.2, -0.15) is 0 Å². The highest BCUT2D eigenvalue weighted by Gasteiger charge is 2.30. The molecule has 0 atom stereocenters. The number of carbonyl (C=O) groups excluding carboxylic acids is 1. The van der Waals surface area contributed by atoms with Gasteiger partial charge in [0.1, 0.15) is 18.0 Å². The molecule has 3 rings (SSSR count). The molecule has 25 heavy (non-hydrogen) atoms. The summed E-state index contributed by atoms with van der Waals surface area (Å²) in [5.41, 5.74) is 0. The summed E-state index contributed by atoms with van der Waals surface area (Å²) in [4.78, 5) is 26.3. The maximum Gasteiger partial charge on any atom is 0.254 e. The molecule has 2 fully saturated rings. The largest absolute Gasteiger partial charge is 0.378 e. The van der Waals surface area contributed by atoms with Crippen LogP contribution in [0.1, 0.15) is 13.3 Å². The number of anilines is 2. The van der Waals surface area contributed by atoms with E-state index in [1.807, 2.05) is 6.07 Å². The van der Waals surface area contributed by atoms with Crippen LogP contribution < -0.4 is 9.80 Å². The normalized spacial score (nSPS) is 19.2. The fraction of sp³-hybridized carbons (Fsp3) is 0.688. The van der Waals surface area contributed by atoms with E-state index in [1.165, 1.54) is 11.2 Å². The van der Waals surface area contributed by atoms with Crippen LogP contribution >= 0.6 is 0 Å². The summed E-state index contributed by atoms with van der Waals surface area (Å²) in [6.45, 7) is 5.71. The van der Waals surface area contributed by atoms with Crippen molar-refractivity contribution in [1.29, 1.82) is 0 Å². The van der Waals surface area contributed by atoms with Gasteiger partial charge in [-0.15, -0.1) is 0 Å². The number of nitrogens with zero attached hydrogens (tertiary/aromatic N) is 5. The predicted octanol–water partition coefficient (Wildman–Crippen LogP) is 1.01. The van der Waals surface area contributed by atoms with Crippen LogP contribution in [0.5, 0.6) is 0 Å². The molecule has 0 aromatic carbocycles. The number of amides is 1. The molecule has 7 nitrogen and oxygen atoms in total. The Kier molecular flexibility index (Phi) is 5.31. The summed E-state index contributed by atoms with van der Waals surface area (Å²) in [6, 6.07) is 1.93. The molecule has 1 amide bonds. The van der Waals surface area contributed by atoms with E-state index in [0.29, 0.717) is 39.4 Å².